The molecule has 0 radical (unpaired) electrons. The maximum Gasteiger partial charge on any atom is 0.314 e. The summed E-state index contributed by atoms with van der Waals surface area (Å²) in [5, 5.41) is 7.76. The SMILES string of the molecule is NCC(=O)c1ccc(CN(c2cccc(Cl)c2)S(=O)(=O)N2CCN(C3COC3)CC2)nc1.O=S(=O)(N1CCN(C2COC2)CC1)N(Cc1ccc(-c2nnc(C(F)F)o2)cn1)c1cccc(Cl)c1. The molecule has 4 aliphatic rings. The van der Waals surface area contributed by atoms with E-state index in [-0.39, 0.29) is 31.3 Å². The van der Waals surface area contributed by atoms with Crippen LogP contribution in [0.15, 0.2) is 89.6 Å². The Labute approximate surface area is 402 Å². The first-order chi connectivity index (χ1) is 32.7. The number of alkyl halides is 2. The normalized spacial score (nSPS) is 18.1. The minimum absolute atomic E-state index is 0.0104. The molecule has 19 nitrogen and oxygen atoms in total. The van der Waals surface area contributed by atoms with Crippen molar-refractivity contribution in [3.8, 4) is 11.5 Å². The molecule has 4 aliphatic heterocycles. The Morgan fingerprint density at radius 3 is 1.54 bits per heavy atom. The molecule has 7 heterocycles. The Balaban J connectivity index is 0.000000185. The van der Waals surface area contributed by atoms with Gasteiger partial charge in [0.2, 0.25) is 5.89 Å². The molecule has 2 N–H and O–H groups in total. The van der Waals surface area contributed by atoms with Gasteiger partial charge in [-0.2, -0.15) is 34.2 Å². The van der Waals surface area contributed by atoms with Gasteiger partial charge in [-0.05, 0) is 60.7 Å². The van der Waals surface area contributed by atoms with Gasteiger partial charge in [0.15, 0.2) is 5.78 Å². The summed E-state index contributed by atoms with van der Waals surface area (Å²) in [7, 11) is -7.75. The standard InChI is InChI=1S/C22H23ClF2N6O4S.C21H26ClN5O4S/c23-16-2-1-3-18(10-16)31(36(32,33)30-8-6-29(7-9-30)19-13-34-14-19)12-17-5-4-15(11-26-17)21-27-28-22(35-21)20(24)25;22-17-2-1-3-19(10-17)27(13-18-5-4-16(12-24-18)21(28)11-23)32(29,30)26-8-6-25(7-9-26)20-14-31-15-20/h1-5,10-11,19-20H,6-9,12-14H2;1-5,10,12,20H,6-9,11,13-15,23H2. The number of carbonyl (C=O) groups excluding carboxylic acids is 1. The lowest BCUT2D eigenvalue weighted by Gasteiger charge is -2.43. The molecule has 4 fully saturated rings. The molecule has 0 amide bonds. The van der Waals surface area contributed by atoms with E-state index in [1.807, 2.05) is 0 Å². The molecule has 0 atom stereocenters. The van der Waals surface area contributed by atoms with E-state index >= 15 is 0 Å². The van der Waals surface area contributed by atoms with Crippen LogP contribution in [0.5, 0.6) is 0 Å². The molecular weight excluding hydrogens is 972 g/mol. The predicted octanol–water partition coefficient (Wildman–Crippen LogP) is 4.13. The van der Waals surface area contributed by atoms with Crippen LogP contribution in [0.1, 0.15) is 34.1 Å². The number of nitrogens with zero attached hydrogens (tertiary/aromatic N) is 10. The number of ketones is 1. The van der Waals surface area contributed by atoms with Crippen LogP contribution in [0.3, 0.4) is 0 Å². The van der Waals surface area contributed by atoms with E-state index in [2.05, 4.69) is 30.0 Å². The average molecular weight is 1020 g/mol. The van der Waals surface area contributed by atoms with Gasteiger partial charge in [0.05, 0.1) is 86.5 Å². The molecule has 0 aliphatic carbocycles. The highest BCUT2D eigenvalue weighted by Crippen LogP contribution is 2.30. The lowest BCUT2D eigenvalue weighted by atomic mass is 10.2. The number of carbonyl (C=O) groups is 1. The maximum atomic E-state index is 13.8. The van der Waals surface area contributed by atoms with Crippen LogP contribution in [0.25, 0.3) is 11.5 Å². The van der Waals surface area contributed by atoms with Crippen LogP contribution < -0.4 is 14.3 Å². The van der Waals surface area contributed by atoms with Crippen molar-refractivity contribution in [2.75, 3.05) is 93.9 Å². The topological polar surface area (TPSA) is 214 Å². The van der Waals surface area contributed by atoms with Crippen LogP contribution in [0, 0.1) is 0 Å². The van der Waals surface area contributed by atoms with Crippen molar-refractivity contribution in [2.24, 2.45) is 5.73 Å². The third kappa shape index (κ3) is 11.6. The van der Waals surface area contributed by atoms with E-state index in [1.54, 1.807) is 72.8 Å². The predicted molar refractivity (Wildman–Crippen MR) is 249 cm³/mol. The number of ether oxygens (including phenoxy) is 2. The minimum atomic E-state index is -3.91. The summed E-state index contributed by atoms with van der Waals surface area (Å²) >= 11 is 12.3. The highest BCUT2D eigenvalue weighted by molar-refractivity contribution is 7.90. The van der Waals surface area contributed by atoms with Crippen molar-refractivity contribution in [3.05, 3.63) is 118 Å². The van der Waals surface area contributed by atoms with Gasteiger partial charge in [-0.3, -0.25) is 33.2 Å². The van der Waals surface area contributed by atoms with Gasteiger partial charge in [-0.15, -0.1) is 10.2 Å². The molecular formula is C43H49Cl2F2N11O8S2. The fourth-order valence-corrected chi connectivity index (χ4v) is 11.3. The zero-order chi connectivity index (χ0) is 48.0. The number of hydrogen-bond donors (Lipinski definition) is 1. The van der Waals surface area contributed by atoms with E-state index in [0.717, 1.165) is 0 Å². The molecule has 0 bridgehead atoms. The highest BCUT2D eigenvalue weighted by Gasteiger charge is 2.38. The second-order valence-corrected chi connectivity index (χ2v) is 20.8. The van der Waals surface area contributed by atoms with Crippen molar-refractivity contribution in [1.29, 1.82) is 0 Å². The number of aromatic nitrogens is 4. The zero-order valence-corrected chi connectivity index (χ0v) is 39.7. The first-order valence-corrected chi connectivity index (χ1v) is 25.2. The highest BCUT2D eigenvalue weighted by atomic mass is 35.5. The molecule has 68 heavy (non-hydrogen) atoms. The lowest BCUT2D eigenvalue weighted by molar-refractivity contribution is -0.0721. The number of piperazine rings is 2. The minimum Gasteiger partial charge on any atom is -0.415 e. The van der Waals surface area contributed by atoms with Gasteiger partial charge < -0.3 is 19.6 Å². The van der Waals surface area contributed by atoms with E-state index in [1.165, 1.54) is 29.6 Å². The summed E-state index contributed by atoms with van der Waals surface area (Å²) in [5.74, 6) is -1.10. The molecule has 25 heteroatoms. The third-order valence-electron chi connectivity index (χ3n) is 11.9. The van der Waals surface area contributed by atoms with Crippen LogP contribution in [0.2, 0.25) is 10.0 Å². The van der Waals surface area contributed by atoms with E-state index in [9.17, 15) is 30.4 Å². The Hall–Kier alpha value is -4.79. The first kappa shape index (κ1) is 49.6. The summed E-state index contributed by atoms with van der Waals surface area (Å²) in [4.78, 5) is 24.9. The molecule has 2 aromatic carbocycles. The largest absolute Gasteiger partial charge is 0.415 e. The number of anilines is 2. The second kappa shape index (κ2) is 21.9. The van der Waals surface area contributed by atoms with E-state index < -0.39 is 32.7 Å². The number of halogens is 4. The average Bonchev–Trinajstić information content (AvgIpc) is 3.81. The Bertz CT molecular complexity index is 2720. The van der Waals surface area contributed by atoms with Crippen molar-refractivity contribution < 1.29 is 44.3 Å². The fraction of sp³-hybridized carbons (Fsp3) is 0.419. The molecule has 4 saturated heterocycles. The third-order valence-corrected chi connectivity index (χ3v) is 16.2. The van der Waals surface area contributed by atoms with Crippen LogP contribution in [-0.2, 0) is 43.0 Å². The van der Waals surface area contributed by atoms with Gasteiger partial charge in [0.25, 0.3) is 5.89 Å². The molecule has 0 unspecified atom stereocenters. The Kier molecular flexibility index (Phi) is 16.0. The molecule has 0 spiro atoms. The van der Waals surface area contributed by atoms with Gasteiger partial charge in [-0.25, -0.2) is 0 Å². The second-order valence-electron chi connectivity index (χ2n) is 16.2. The molecule has 5 aromatic rings. The fourth-order valence-electron chi connectivity index (χ4n) is 7.80. The lowest BCUT2D eigenvalue weighted by Crippen LogP contribution is -2.59. The molecule has 0 saturated carbocycles. The van der Waals surface area contributed by atoms with Crippen molar-refractivity contribution in [3.63, 3.8) is 0 Å². The number of nitrogens with two attached hydrogens (primary N) is 1. The van der Waals surface area contributed by atoms with Gasteiger partial charge in [-0.1, -0.05) is 35.3 Å². The molecule has 3 aromatic heterocycles. The number of hydrogen-bond acceptors (Lipinski definition) is 15. The van der Waals surface area contributed by atoms with Gasteiger partial charge >= 0.3 is 26.8 Å². The van der Waals surface area contributed by atoms with Gasteiger partial charge in [0.1, 0.15) is 0 Å². The summed E-state index contributed by atoms with van der Waals surface area (Å²) in [5.41, 5.74) is 7.93. The number of benzene rings is 2. The van der Waals surface area contributed by atoms with Crippen molar-refractivity contribution >= 4 is 60.8 Å². The van der Waals surface area contributed by atoms with Crippen molar-refractivity contribution in [1.82, 2.24) is 38.6 Å². The number of pyridine rings is 2. The molecule has 9 rings (SSSR count). The summed E-state index contributed by atoms with van der Waals surface area (Å²) in [6.07, 6.45) is -0.0774. The van der Waals surface area contributed by atoms with Crippen LogP contribution >= 0.6 is 23.2 Å². The monoisotopic (exact) mass is 1020 g/mol. The van der Waals surface area contributed by atoms with Gasteiger partial charge in [0, 0.05) is 80.4 Å². The number of rotatable bonds is 16. The Morgan fingerprint density at radius 2 is 1.18 bits per heavy atom. The summed E-state index contributed by atoms with van der Waals surface area (Å²) in [6.45, 7) is 6.65. The summed E-state index contributed by atoms with van der Waals surface area (Å²) in [6, 6.07) is 20.5. The smallest absolute Gasteiger partial charge is 0.314 e. The summed E-state index contributed by atoms with van der Waals surface area (Å²) < 4.78 is 101. The van der Waals surface area contributed by atoms with Crippen LogP contribution in [-0.4, -0.2) is 159 Å². The van der Waals surface area contributed by atoms with E-state index in [4.69, 9.17) is 42.8 Å². The quantitative estimate of drug-likeness (QED) is 0.138. The Morgan fingerprint density at radius 1 is 0.691 bits per heavy atom. The number of Topliss-reactive ketones (excluding diaryl/α,β-unsaturated/α-hetero) is 1. The maximum absolute atomic E-state index is 13.8. The van der Waals surface area contributed by atoms with Crippen LogP contribution in [0.4, 0.5) is 20.2 Å². The van der Waals surface area contributed by atoms with Crippen molar-refractivity contribution in [2.45, 2.75) is 31.6 Å². The first-order valence-electron chi connectivity index (χ1n) is 21.6. The molecule has 364 valence electrons. The van der Waals surface area contributed by atoms with E-state index in [0.29, 0.717) is 135 Å². The zero-order valence-electron chi connectivity index (χ0n) is 36.6.